The van der Waals surface area contributed by atoms with Crippen LogP contribution in [-0.2, 0) is 4.79 Å². The summed E-state index contributed by atoms with van der Waals surface area (Å²) >= 11 is 0. The van der Waals surface area contributed by atoms with E-state index in [1.807, 2.05) is 6.92 Å². The van der Waals surface area contributed by atoms with Crippen molar-refractivity contribution in [3.05, 3.63) is 29.9 Å². The van der Waals surface area contributed by atoms with Gasteiger partial charge in [-0.05, 0) is 6.92 Å². The minimum atomic E-state index is -0.343. The molecule has 0 atom stereocenters. The molecule has 0 aromatic carbocycles. The molecule has 1 amide bonds. The molecule has 68 valence electrons. The normalized spacial score (nSPS) is 10.5. The lowest BCUT2D eigenvalue weighted by molar-refractivity contribution is -0.117. The van der Waals surface area contributed by atoms with Crippen molar-refractivity contribution in [3.8, 4) is 0 Å². The molecule has 1 aromatic heterocycles. The van der Waals surface area contributed by atoms with E-state index in [1.165, 1.54) is 0 Å². The molecular weight excluding hydrogens is 166 g/mol. The maximum absolute atomic E-state index is 10.4. The first-order valence-corrected chi connectivity index (χ1v) is 3.92. The summed E-state index contributed by atoms with van der Waals surface area (Å²) < 4.78 is 0. The Morgan fingerprint density at radius 2 is 2.15 bits per heavy atom. The quantitative estimate of drug-likeness (QED) is 0.737. The van der Waals surface area contributed by atoms with E-state index >= 15 is 0 Å². The van der Waals surface area contributed by atoms with Crippen LogP contribution in [0.2, 0.25) is 0 Å². The van der Waals surface area contributed by atoms with Crippen molar-refractivity contribution in [1.82, 2.24) is 9.97 Å². The van der Waals surface area contributed by atoms with Crippen molar-refractivity contribution in [2.24, 2.45) is 5.73 Å². The Bertz CT molecular complexity index is 316. The summed E-state index contributed by atoms with van der Waals surface area (Å²) in [6, 6.07) is 0. The van der Waals surface area contributed by atoms with Gasteiger partial charge < -0.3 is 5.73 Å². The number of primary amides is 1. The first-order valence-electron chi connectivity index (χ1n) is 3.92. The van der Waals surface area contributed by atoms with Crippen molar-refractivity contribution in [2.75, 3.05) is 0 Å². The fourth-order valence-corrected chi connectivity index (χ4v) is 0.800. The van der Waals surface area contributed by atoms with Crippen molar-refractivity contribution in [2.45, 2.75) is 13.3 Å². The highest BCUT2D eigenvalue weighted by Crippen LogP contribution is 1.98. The van der Waals surface area contributed by atoms with Gasteiger partial charge in [-0.1, -0.05) is 12.2 Å². The monoisotopic (exact) mass is 177 g/mol. The zero-order valence-corrected chi connectivity index (χ0v) is 7.40. The number of hydrogen-bond acceptors (Lipinski definition) is 3. The maximum atomic E-state index is 10.4. The third kappa shape index (κ3) is 3.46. The number of aromatic nitrogens is 2. The number of amides is 1. The average molecular weight is 177 g/mol. The summed E-state index contributed by atoms with van der Waals surface area (Å²) in [7, 11) is 0. The van der Waals surface area contributed by atoms with Gasteiger partial charge in [-0.25, -0.2) is 9.97 Å². The van der Waals surface area contributed by atoms with Gasteiger partial charge >= 0.3 is 0 Å². The Morgan fingerprint density at radius 1 is 1.54 bits per heavy atom. The second-order valence-corrected chi connectivity index (χ2v) is 2.64. The zero-order valence-electron chi connectivity index (χ0n) is 7.40. The predicted octanol–water partition coefficient (Wildman–Crippen LogP) is 0.674. The van der Waals surface area contributed by atoms with E-state index in [0.717, 1.165) is 11.4 Å². The number of carbonyl (C=O) groups excluding carboxylic acids is 1. The van der Waals surface area contributed by atoms with Crippen molar-refractivity contribution in [3.63, 3.8) is 0 Å². The molecule has 0 aliphatic rings. The second-order valence-electron chi connectivity index (χ2n) is 2.64. The lowest BCUT2D eigenvalue weighted by Crippen LogP contribution is -2.07. The molecule has 0 fully saturated rings. The van der Waals surface area contributed by atoms with Gasteiger partial charge in [0.15, 0.2) is 0 Å². The van der Waals surface area contributed by atoms with Crippen LogP contribution < -0.4 is 5.73 Å². The van der Waals surface area contributed by atoms with Gasteiger partial charge in [-0.3, -0.25) is 4.79 Å². The first kappa shape index (κ1) is 9.38. The van der Waals surface area contributed by atoms with Crippen LogP contribution in [0.15, 0.2) is 18.5 Å². The molecule has 4 heteroatoms. The molecule has 0 bridgehead atoms. The first-order chi connectivity index (χ1) is 6.18. The molecule has 0 unspecified atom stereocenters. The van der Waals surface area contributed by atoms with Crippen molar-refractivity contribution < 1.29 is 4.79 Å². The Hall–Kier alpha value is -1.71. The molecule has 1 rings (SSSR count). The number of nitrogens with zero attached hydrogens (tertiary/aromatic N) is 2. The number of hydrogen-bond donors (Lipinski definition) is 1. The molecule has 0 saturated heterocycles. The molecule has 0 radical (unpaired) electrons. The number of nitrogens with two attached hydrogens (primary N) is 1. The van der Waals surface area contributed by atoms with Gasteiger partial charge in [-0.15, -0.1) is 0 Å². The third-order valence-electron chi connectivity index (χ3n) is 1.43. The Kier molecular flexibility index (Phi) is 3.14. The average Bonchev–Trinajstić information content (AvgIpc) is 2.08. The van der Waals surface area contributed by atoms with Crippen LogP contribution in [-0.4, -0.2) is 15.9 Å². The molecule has 0 spiro atoms. The Labute approximate surface area is 76.5 Å². The van der Waals surface area contributed by atoms with Gasteiger partial charge in [0.1, 0.15) is 5.82 Å². The van der Waals surface area contributed by atoms with Crippen LogP contribution >= 0.6 is 0 Å². The highest BCUT2D eigenvalue weighted by atomic mass is 16.1. The minimum Gasteiger partial charge on any atom is -0.369 e. The van der Waals surface area contributed by atoms with E-state index in [4.69, 9.17) is 5.73 Å². The standard InChI is InChI=1S/C9H11N3O/c1-7-11-5-8(6-12-7)3-2-4-9(10)13/h2-3,5-6H,4H2,1H3,(H2,10,13)/b3-2+. The van der Waals surface area contributed by atoms with Crippen LogP contribution in [0, 0.1) is 6.92 Å². The van der Waals surface area contributed by atoms with Gasteiger partial charge in [0.25, 0.3) is 0 Å². The fraction of sp³-hybridized carbons (Fsp3) is 0.222. The fourth-order valence-electron chi connectivity index (χ4n) is 0.800. The van der Waals surface area contributed by atoms with Gasteiger partial charge in [0.2, 0.25) is 5.91 Å². The third-order valence-corrected chi connectivity index (χ3v) is 1.43. The predicted molar refractivity (Wildman–Crippen MR) is 49.6 cm³/mol. The summed E-state index contributed by atoms with van der Waals surface area (Å²) in [5, 5.41) is 0. The van der Waals surface area contributed by atoms with E-state index in [-0.39, 0.29) is 12.3 Å². The highest BCUT2D eigenvalue weighted by Gasteiger charge is 1.90. The van der Waals surface area contributed by atoms with Crippen molar-refractivity contribution >= 4 is 12.0 Å². The van der Waals surface area contributed by atoms with Crippen LogP contribution in [0.3, 0.4) is 0 Å². The topological polar surface area (TPSA) is 68.9 Å². The largest absolute Gasteiger partial charge is 0.369 e. The molecule has 0 aliphatic heterocycles. The molecule has 0 aliphatic carbocycles. The van der Waals surface area contributed by atoms with Crippen molar-refractivity contribution in [1.29, 1.82) is 0 Å². The van der Waals surface area contributed by atoms with Crippen LogP contribution in [0.4, 0.5) is 0 Å². The smallest absolute Gasteiger partial charge is 0.221 e. The molecule has 2 N–H and O–H groups in total. The second kappa shape index (κ2) is 4.35. The summed E-state index contributed by atoms with van der Waals surface area (Å²) in [5.74, 6) is 0.385. The molecule has 1 aromatic rings. The lowest BCUT2D eigenvalue weighted by Gasteiger charge is -1.92. The SMILES string of the molecule is Cc1ncc(/C=C/CC(N)=O)cn1. The van der Waals surface area contributed by atoms with Gasteiger partial charge in [0, 0.05) is 24.4 Å². The summed E-state index contributed by atoms with van der Waals surface area (Å²) in [6.07, 6.45) is 7.09. The molecule has 13 heavy (non-hydrogen) atoms. The Morgan fingerprint density at radius 3 is 2.69 bits per heavy atom. The van der Waals surface area contributed by atoms with Gasteiger partial charge in [0.05, 0.1) is 0 Å². The van der Waals surface area contributed by atoms with E-state index in [1.54, 1.807) is 24.5 Å². The van der Waals surface area contributed by atoms with Crippen LogP contribution in [0.5, 0.6) is 0 Å². The maximum Gasteiger partial charge on any atom is 0.221 e. The molecule has 4 nitrogen and oxygen atoms in total. The highest BCUT2D eigenvalue weighted by molar-refractivity contribution is 5.76. The summed E-state index contributed by atoms with van der Waals surface area (Å²) in [5.41, 5.74) is 5.83. The minimum absolute atomic E-state index is 0.244. The summed E-state index contributed by atoms with van der Waals surface area (Å²) in [4.78, 5) is 18.4. The van der Waals surface area contributed by atoms with Crippen LogP contribution in [0.25, 0.3) is 6.08 Å². The van der Waals surface area contributed by atoms with Gasteiger partial charge in [-0.2, -0.15) is 0 Å². The number of aryl methyl sites for hydroxylation is 1. The zero-order chi connectivity index (χ0) is 9.68. The lowest BCUT2D eigenvalue weighted by atomic mass is 10.3. The van der Waals surface area contributed by atoms with E-state index in [2.05, 4.69) is 9.97 Å². The molecule has 0 saturated carbocycles. The Balaban J connectivity index is 2.59. The van der Waals surface area contributed by atoms with E-state index in [9.17, 15) is 4.79 Å². The van der Waals surface area contributed by atoms with Crippen LogP contribution in [0.1, 0.15) is 17.8 Å². The van der Waals surface area contributed by atoms with E-state index in [0.29, 0.717) is 0 Å². The molecule has 1 heterocycles. The summed E-state index contributed by atoms with van der Waals surface area (Å²) in [6.45, 7) is 1.82. The number of carbonyl (C=O) groups is 1. The number of rotatable bonds is 3. The molecular formula is C9H11N3O. The van der Waals surface area contributed by atoms with E-state index < -0.39 is 0 Å².